The first kappa shape index (κ1) is 22.7. The highest BCUT2D eigenvalue weighted by Gasteiger charge is 2.48. The van der Waals surface area contributed by atoms with E-state index < -0.39 is 17.5 Å². The molecule has 7 rings (SSSR count). The Bertz CT molecular complexity index is 1530. The number of nitrogens with one attached hydrogen (secondary N) is 4. The molecule has 9 heteroatoms. The van der Waals surface area contributed by atoms with E-state index in [-0.39, 0.29) is 18.1 Å². The van der Waals surface area contributed by atoms with Crippen molar-refractivity contribution in [2.75, 3.05) is 20.2 Å². The minimum atomic E-state index is -1.38. The summed E-state index contributed by atoms with van der Waals surface area (Å²) in [5.41, 5.74) is 6.00. The second-order valence-corrected chi connectivity index (χ2v) is 10.7. The number of carbonyl (C=O) groups excluding carboxylic acids is 3. The van der Waals surface area contributed by atoms with Crippen LogP contribution in [0.4, 0.5) is 9.59 Å². The molecule has 9 nitrogen and oxygen atoms in total. The number of nitrogens with zero attached hydrogens (tertiary/aromatic N) is 1. The summed E-state index contributed by atoms with van der Waals surface area (Å²) >= 11 is 0. The molecule has 4 N–H and O–H groups in total. The molecule has 3 heterocycles. The molecule has 2 saturated heterocycles. The summed E-state index contributed by atoms with van der Waals surface area (Å²) in [6.07, 6.45) is 3.71. The van der Waals surface area contributed by atoms with Gasteiger partial charge >= 0.3 is 12.1 Å². The van der Waals surface area contributed by atoms with Crippen LogP contribution in [-0.4, -0.2) is 48.6 Å². The van der Waals surface area contributed by atoms with Crippen molar-refractivity contribution in [2.24, 2.45) is 0 Å². The molecule has 0 radical (unpaired) electrons. The number of carbonyl (C=O) groups is 3. The Morgan fingerprint density at radius 1 is 1.00 bits per heavy atom. The molecular formula is C29H27N5O4. The van der Waals surface area contributed by atoms with Gasteiger partial charge in [0.2, 0.25) is 5.54 Å². The average molecular weight is 510 g/mol. The largest absolute Gasteiger partial charge is 0.497 e. The molecule has 192 valence electrons. The number of hydrogen-bond acceptors (Lipinski definition) is 5. The third-order valence-corrected chi connectivity index (χ3v) is 8.22. The maximum atomic E-state index is 13.2. The van der Waals surface area contributed by atoms with Gasteiger partial charge in [0.1, 0.15) is 5.75 Å². The van der Waals surface area contributed by atoms with Crippen LogP contribution in [0.5, 0.6) is 5.75 Å². The van der Waals surface area contributed by atoms with Crippen LogP contribution in [-0.2, 0) is 23.3 Å². The number of methoxy groups -OCH3 is 1. The minimum absolute atomic E-state index is 0.144. The van der Waals surface area contributed by atoms with Crippen LogP contribution in [0, 0.1) is 11.8 Å². The van der Waals surface area contributed by atoms with Gasteiger partial charge < -0.3 is 25.6 Å². The molecular weight excluding hydrogens is 482 g/mol. The smallest absolute Gasteiger partial charge is 0.323 e. The number of fused-ring (bicyclic) bond motifs is 3. The number of amides is 5. The predicted octanol–water partition coefficient (Wildman–Crippen LogP) is 2.10. The van der Waals surface area contributed by atoms with Crippen molar-refractivity contribution in [3.8, 4) is 17.6 Å². The first-order valence-corrected chi connectivity index (χ1v) is 12.9. The molecule has 0 bridgehead atoms. The molecule has 2 unspecified atom stereocenters. The maximum absolute atomic E-state index is 13.2. The molecule has 5 amide bonds. The van der Waals surface area contributed by atoms with Crippen LogP contribution < -0.4 is 26.0 Å². The maximum Gasteiger partial charge on any atom is 0.323 e. The molecule has 2 atom stereocenters. The van der Waals surface area contributed by atoms with E-state index in [1.165, 1.54) is 5.57 Å². The Kier molecular flexibility index (Phi) is 4.80. The average Bonchev–Trinajstić information content (AvgIpc) is 3.31. The zero-order chi connectivity index (χ0) is 26.1. The molecule has 1 spiro atoms. The van der Waals surface area contributed by atoms with Crippen molar-refractivity contribution in [3.63, 3.8) is 0 Å². The first-order valence-electron chi connectivity index (χ1n) is 12.9. The van der Waals surface area contributed by atoms with E-state index in [0.717, 1.165) is 64.9 Å². The Labute approximate surface area is 220 Å². The van der Waals surface area contributed by atoms with E-state index in [9.17, 15) is 14.4 Å². The number of aryl methyl sites for hydroxylation is 1. The van der Waals surface area contributed by atoms with E-state index in [2.05, 4.69) is 44.1 Å². The Morgan fingerprint density at radius 3 is 2.58 bits per heavy atom. The number of allylic oxidation sites excluding steroid dienone is 1. The highest BCUT2D eigenvalue weighted by Crippen LogP contribution is 2.45. The number of hydrogen-bond donors (Lipinski definition) is 4. The van der Waals surface area contributed by atoms with E-state index in [4.69, 9.17) is 4.74 Å². The first-order chi connectivity index (χ1) is 18.4. The molecule has 3 aliphatic heterocycles. The highest BCUT2D eigenvalue weighted by molar-refractivity contribution is 6.09. The van der Waals surface area contributed by atoms with Gasteiger partial charge in [-0.3, -0.25) is 10.1 Å². The highest BCUT2D eigenvalue weighted by atomic mass is 16.5. The normalized spacial score (nSPS) is 26.3. The lowest BCUT2D eigenvalue weighted by molar-refractivity contribution is -0.122. The zero-order valence-electron chi connectivity index (χ0n) is 21.0. The van der Waals surface area contributed by atoms with Gasteiger partial charge in [0.15, 0.2) is 0 Å². The van der Waals surface area contributed by atoms with Crippen LogP contribution in [0.25, 0.3) is 5.70 Å². The zero-order valence-corrected chi connectivity index (χ0v) is 21.0. The van der Waals surface area contributed by atoms with Crippen molar-refractivity contribution in [1.82, 2.24) is 26.2 Å². The van der Waals surface area contributed by atoms with Gasteiger partial charge in [-0.2, -0.15) is 0 Å². The van der Waals surface area contributed by atoms with Crippen molar-refractivity contribution < 1.29 is 19.1 Å². The fraction of sp³-hybridized carbons (Fsp3) is 0.345. The molecule has 3 fully saturated rings. The van der Waals surface area contributed by atoms with Gasteiger partial charge in [0, 0.05) is 29.9 Å². The predicted molar refractivity (Wildman–Crippen MR) is 139 cm³/mol. The number of rotatable bonds is 3. The van der Waals surface area contributed by atoms with E-state index >= 15 is 0 Å². The summed E-state index contributed by atoms with van der Waals surface area (Å²) < 4.78 is 5.45. The third kappa shape index (κ3) is 3.51. The summed E-state index contributed by atoms with van der Waals surface area (Å²) in [6, 6.07) is 11.3. The van der Waals surface area contributed by atoms with Crippen LogP contribution in [0.3, 0.4) is 0 Å². The Morgan fingerprint density at radius 2 is 1.87 bits per heavy atom. The van der Waals surface area contributed by atoms with Crippen molar-refractivity contribution in [2.45, 2.75) is 43.3 Å². The summed E-state index contributed by atoms with van der Waals surface area (Å²) in [7, 11) is 1.65. The fourth-order valence-electron chi connectivity index (χ4n) is 6.22. The molecule has 2 aromatic carbocycles. The summed E-state index contributed by atoms with van der Waals surface area (Å²) in [5, 5.41) is 11.2. The Balaban J connectivity index is 1.21. The molecule has 5 aliphatic rings. The van der Waals surface area contributed by atoms with Gasteiger partial charge in [0.25, 0.3) is 5.91 Å². The lowest BCUT2D eigenvalue weighted by Gasteiger charge is -2.29. The minimum Gasteiger partial charge on any atom is -0.497 e. The van der Waals surface area contributed by atoms with Crippen LogP contribution in [0.2, 0.25) is 0 Å². The Hall–Kier alpha value is -4.45. The van der Waals surface area contributed by atoms with E-state index in [1.54, 1.807) is 7.11 Å². The van der Waals surface area contributed by atoms with Crippen LogP contribution in [0.1, 0.15) is 47.1 Å². The van der Waals surface area contributed by atoms with Crippen molar-refractivity contribution in [1.29, 1.82) is 0 Å². The summed E-state index contributed by atoms with van der Waals surface area (Å²) in [4.78, 5) is 39.4. The molecule has 38 heavy (non-hydrogen) atoms. The monoisotopic (exact) mass is 509 g/mol. The van der Waals surface area contributed by atoms with Gasteiger partial charge in [-0.25, -0.2) is 9.59 Å². The summed E-state index contributed by atoms with van der Waals surface area (Å²) in [6.45, 7) is 1.44. The fourth-order valence-corrected chi connectivity index (χ4v) is 6.22. The number of ether oxygens (including phenoxy) is 1. The lowest BCUT2D eigenvalue weighted by atomic mass is 9.92. The van der Waals surface area contributed by atoms with Gasteiger partial charge in [-0.1, -0.05) is 24.0 Å². The van der Waals surface area contributed by atoms with Gasteiger partial charge in [-0.05, 0) is 72.2 Å². The SMILES string of the molecule is COc1ccc2c(c1)C(=C1CC1)N(CC1(C#Cc3ccc4c(c3)CCC43CNC(=O)N3)NC(=O)NC1=O)C2. The number of imide groups is 1. The topological polar surface area (TPSA) is 112 Å². The third-order valence-electron chi connectivity index (χ3n) is 8.22. The molecule has 2 aliphatic carbocycles. The second kappa shape index (κ2) is 8.02. The van der Waals surface area contributed by atoms with Crippen LogP contribution in [0.15, 0.2) is 42.0 Å². The molecule has 2 aromatic rings. The number of urea groups is 2. The molecule has 1 saturated carbocycles. The van der Waals surface area contributed by atoms with Gasteiger partial charge in [0.05, 0.1) is 19.2 Å². The molecule has 0 aromatic heterocycles. The van der Waals surface area contributed by atoms with E-state index in [1.807, 2.05) is 30.3 Å². The van der Waals surface area contributed by atoms with E-state index in [0.29, 0.717) is 13.1 Å². The summed E-state index contributed by atoms with van der Waals surface area (Å²) in [5.74, 6) is 6.67. The van der Waals surface area contributed by atoms with Crippen molar-refractivity contribution in [3.05, 3.63) is 69.8 Å². The van der Waals surface area contributed by atoms with Gasteiger partial charge in [-0.15, -0.1) is 0 Å². The second-order valence-electron chi connectivity index (χ2n) is 10.7. The van der Waals surface area contributed by atoms with Crippen LogP contribution >= 0.6 is 0 Å². The lowest BCUT2D eigenvalue weighted by Crippen LogP contribution is -2.53. The number of benzene rings is 2. The standard InChI is InChI=1S/C29H27N5O4/c1-38-21-6-5-20-14-34(24(18-3-4-18)22(20)13-21)16-29(25(35)31-27(37)33-29)10-8-17-2-7-23-19(12-17)9-11-28(23)15-30-26(36)32-28/h2,5-7,12-13H,3-4,9,11,14-16H2,1H3,(H2,30,32,36)(H2,31,33,35,37). The quantitative estimate of drug-likeness (QED) is 0.374. The van der Waals surface area contributed by atoms with Crippen molar-refractivity contribution >= 4 is 23.7 Å².